The van der Waals surface area contributed by atoms with Gasteiger partial charge in [-0.05, 0) is 30.3 Å². The van der Waals surface area contributed by atoms with Crippen LogP contribution in [0.25, 0.3) is 0 Å². The lowest BCUT2D eigenvalue weighted by Crippen LogP contribution is -2.41. The summed E-state index contributed by atoms with van der Waals surface area (Å²) in [6.45, 7) is 13.0. The predicted octanol–water partition coefficient (Wildman–Crippen LogP) is 4.01. The minimum Gasteiger partial charge on any atom is -0.491 e. The number of ether oxygens (including phenoxy) is 2. The van der Waals surface area contributed by atoms with E-state index in [9.17, 15) is 10.1 Å². The Balaban J connectivity index is 2.15. The van der Waals surface area contributed by atoms with Gasteiger partial charge in [-0.3, -0.25) is 10.1 Å². The quantitative estimate of drug-likeness (QED) is 0.294. The third-order valence-corrected chi connectivity index (χ3v) is 8.58. The molecule has 23 heavy (non-hydrogen) atoms. The van der Waals surface area contributed by atoms with Crippen molar-refractivity contribution in [3.63, 3.8) is 0 Å². The maximum atomic E-state index is 10.5. The van der Waals surface area contributed by atoms with Crippen LogP contribution in [-0.4, -0.2) is 39.7 Å². The highest BCUT2D eigenvalue weighted by Gasteiger charge is 2.36. The van der Waals surface area contributed by atoms with Crippen LogP contribution in [0, 0.1) is 10.1 Å². The average molecular weight is 341 g/mol. The molecule has 0 saturated heterocycles. The van der Waals surface area contributed by atoms with E-state index in [0.717, 1.165) is 0 Å². The van der Waals surface area contributed by atoms with Crippen molar-refractivity contribution in [1.29, 1.82) is 0 Å². The van der Waals surface area contributed by atoms with Gasteiger partial charge in [0.05, 0.1) is 24.7 Å². The second-order valence-electron chi connectivity index (χ2n) is 6.82. The molecule has 0 heterocycles. The van der Waals surface area contributed by atoms with Gasteiger partial charge in [0, 0.05) is 12.1 Å². The molecule has 130 valence electrons. The summed E-state index contributed by atoms with van der Waals surface area (Å²) in [5.41, 5.74) is 0.0522. The lowest BCUT2D eigenvalue weighted by Gasteiger charge is -2.36. The first kappa shape index (κ1) is 19.6. The molecule has 7 heteroatoms. The van der Waals surface area contributed by atoms with Crippen molar-refractivity contribution in [2.45, 2.75) is 38.9 Å². The molecule has 0 fully saturated rings. The smallest absolute Gasteiger partial charge is 0.269 e. The summed E-state index contributed by atoms with van der Waals surface area (Å²) in [5.74, 6) is 0.594. The zero-order chi connectivity index (χ0) is 17.5. The van der Waals surface area contributed by atoms with Crippen LogP contribution in [0.5, 0.6) is 5.75 Å². The number of nitro benzene ring substituents is 1. The molecule has 1 aromatic rings. The van der Waals surface area contributed by atoms with Gasteiger partial charge in [-0.25, -0.2) is 0 Å². The van der Waals surface area contributed by atoms with E-state index in [2.05, 4.69) is 33.9 Å². The Labute approximate surface area is 139 Å². The molecule has 6 nitrogen and oxygen atoms in total. The number of benzene rings is 1. The van der Waals surface area contributed by atoms with Crippen LogP contribution < -0.4 is 4.74 Å². The minimum absolute atomic E-state index is 0.0522. The molecular formula is C16H27NO5Si. The first-order chi connectivity index (χ1) is 10.6. The summed E-state index contributed by atoms with van der Waals surface area (Å²) in [5, 5.41) is 10.7. The largest absolute Gasteiger partial charge is 0.491 e. The van der Waals surface area contributed by atoms with Crippen molar-refractivity contribution >= 4 is 14.0 Å². The standard InChI is InChI=1S/C16H27NO5Si/c1-16(2,3)23(4,5)22-13-11-20-10-12-21-15-8-6-14(7-9-15)17(18)19/h6-9H,10-13H2,1-5H3. The lowest BCUT2D eigenvalue weighted by atomic mass is 10.2. The van der Waals surface area contributed by atoms with E-state index in [4.69, 9.17) is 13.9 Å². The first-order valence-electron chi connectivity index (χ1n) is 7.72. The number of hydrogen-bond acceptors (Lipinski definition) is 5. The molecule has 0 bridgehead atoms. The third-order valence-electron chi connectivity index (χ3n) is 4.04. The van der Waals surface area contributed by atoms with Gasteiger partial charge < -0.3 is 13.9 Å². The molecule has 0 saturated carbocycles. The normalized spacial score (nSPS) is 12.2. The first-order valence-corrected chi connectivity index (χ1v) is 10.6. The van der Waals surface area contributed by atoms with Crippen molar-refractivity contribution in [3.8, 4) is 5.75 Å². The van der Waals surface area contributed by atoms with Gasteiger partial charge in [-0.15, -0.1) is 0 Å². The Morgan fingerprint density at radius 2 is 1.61 bits per heavy atom. The number of nitro groups is 1. The zero-order valence-electron chi connectivity index (χ0n) is 14.6. The zero-order valence-corrected chi connectivity index (χ0v) is 15.6. The van der Waals surface area contributed by atoms with E-state index < -0.39 is 13.2 Å². The Morgan fingerprint density at radius 1 is 1.04 bits per heavy atom. The van der Waals surface area contributed by atoms with Crippen molar-refractivity contribution in [2.75, 3.05) is 26.4 Å². The molecule has 0 N–H and O–H groups in total. The van der Waals surface area contributed by atoms with Crippen LogP contribution in [0.15, 0.2) is 24.3 Å². The van der Waals surface area contributed by atoms with Crippen molar-refractivity contribution < 1.29 is 18.8 Å². The predicted molar refractivity (Wildman–Crippen MR) is 92.6 cm³/mol. The Kier molecular flexibility index (Phi) is 7.18. The molecule has 0 aliphatic rings. The van der Waals surface area contributed by atoms with Crippen LogP contribution >= 0.6 is 0 Å². The number of rotatable bonds is 9. The Morgan fingerprint density at radius 3 is 2.13 bits per heavy atom. The number of non-ortho nitro benzene ring substituents is 1. The highest BCUT2D eigenvalue weighted by molar-refractivity contribution is 6.74. The highest BCUT2D eigenvalue weighted by Crippen LogP contribution is 2.36. The summed E-state index contributed by atoms with van der Waals surface area (Å²) < 4.78 is 17.0. The van der Waals surface area contributed by atoms with Crippen LogP contribution in [0.2, 0.25) is 18.1 Å². The molecule has 0 atom stereocenters. The van der Waals surface area contributed by atoms with Crippen molar-refractivity contribution in [3.05, 3.63) is 34.4 Å². The number of nitrogens with zero attached hydrogens (tertiary/aromatic N) is 1. The van der Waals surface area contributed by atoms with Crippen LogP contribution in [-0.2, 0) is 9.16 Å². The number of hydrogen-bond donors (Lipinski definition) is 0. The Bertz CT molecular complexity index is 496. The minimum atomic E-state index is -1.71. The average Bonchev–Trinajstić information content (AvgIpc) is 2.45. The molecule has 0 aliphatic carbocycles. The fourth-order valence-electron chi connectivity index (χ4n) is 1.56. The van der Waals surface area contributed by atoms with Crippen LogP contribution in [0.3, 0.4) is 0 Å². The molecule has 1 aromatic carbocycles. The maximum absolute atomic E-state index is 10.5. The molecule has 0 amide bonds. The molecule has 1 rings (SSSR count). The van der Waals surface area contributed by atoms with Gasteiger partial charge in [0.15, 0.2) is 8.32 Å². The SMILES string of the molecule is CC(C)(C)[Si](C)(C)OCCOCCOc1ccc([N+](=O)[O-])cc1. The fraction of sp³-hybridized carbons (Fsp3) is 0.625. The second kappa shape index (κ2) is 8.42. The molecule has 0 aliphatic heterocycles. The summed E-state index contributed by atoms with van der Waals surface area (Å²) in [4.78, 5) is 10.1. The lowest BCUT2D eigenvalue weighted by molar-refractivity contribution is -0.384. The Hall–Kier alpha value is -1.44. The second-order valence-corrected chi connectivity index (χ2v) is 11.6. The monoisotopic (exact) mass is 341 g/mol. The summed E-state index contributed by atoms with van der Waals surface area (Å²) in [6.07, 6.45) is 0. The fourth-order valence-corrected chi connectivity index (χ4v) is 2.58. The van der Waals surface area contributed by atoms with Crippen molar-refractivity contribution in [1.82, 2.24) is 0 Å². The van der Waals surface area contributed by atoms with E-state index >= 15 is 0 Å². The van der Waals surface area contributed by atoms with Gasteiger partial charge in [-0.1, -0.05) is 20.8 Å². The third kappa shape index (κ3) is 6.68. The maximum Gasteiger partial charge on any atom is 0.269 e. The molecule has 0 radical (unpaired) electrons. The highest BCUT2D eigenvalue weighted by atomic mass is 28.4. The van der Waals surface area contributed by atoms with Gasteiger partial charge >= 0.3 is 0 Å². The van der Waals surface area contributed by atoms with E-state index in [0.29, 0.717) is 32.2 Å². The van der Waals surface area contributed by atoms with E-state index in [1.807, 2.05) is 0 Å². The summed E-state index contributed by atoms with van der Waals surface area (Å²) in [7, 11) is -1.71. The van der Waals surface area contributed by atoms with Gasteiger partial charge in [0.1, 0.15) is 12.4 Å². The molecular weight excluding hydrogens is 314 g/mol. The summed E-state index contributed by atoms with van der Waals surface area (Å²) >= 11 is 0. The summed E-state index contributed by atoms with van der Waals surface area (Å²) in [6, 6.07) is 6.00. The van der Waals surface area contributed by atoms with Crippen LogP contribution in [0.4, 0.5) is 5.69 Å². The van der Waals surface area contributed by atoms with Crippen LogP contribution in [0.1, 0.15) is 20.8 Å². The molecule has 0 unspecified atom stereocenters. The molecule has 0 spiro atoms. The van der Waals surface area contributed by atoms with E-state index in [1.54, 1.807) is 12.1 Å². The van der Waals surface area contributed by atoms with Gasteiger partial charge in [0.2, 0.25) is 0 Å². The van der Waals surface area contributed by atoms with E-state index in [-0.39, 0.29) is 10.7 Å². The van der Waals surface area contributed by atoms with E-state index in [1.165, 1.54) is 12.1 Å². The topological polar surface area (TPSA) is 70.8 Å². The van der Waals surface area contributed by atoms with Gasteiger partial charge in [0.25, 0.3) is 5.69 Å². The van der Waals surface area contributed by atoms with Crippen molar-refractivity contribution in [2.24, 2.45) is 0 Å². The molecule has 0 aromatic heterocycles. The van der Waals surface area contributed by atoms with Gasteiger partial charge in [-0.2, -0.15) is 0 Å².